The maximum Gasteiger partial charge on any atom is 0.191 e. The second kappa shape index (κ2) is 5.04. The molecule has 1 aromatic heterocycles. The first-order chi connectivity index (χ1) is 6.24. The summed E-state index contributed by atoms with van der Waals surface area (Å²) in [6.45, 7) is 4.78. The molecule has 1 N–H and O–H groups in total. The second-order valence-electron chi connectivity index (χ2n) is 2.79. The average Bonchev–Trinajstić information content (AvgIpc) is 2.48. The molecule has 0 aliphatic heterocycles. The van der Waals surface area contributed by atoms with Crippen LogP contribution in [-0.2, 0) is 7.05 Å². The number of hydrogen-bond donors (Lipinski definition) is 1. The van der Waals surface area contributed by atoms with Gasteiger partial charge in [-0.3, -0.25) is 0 Å². The first kappa shape index (κ1) is 10.3. The summed E-state index contributed by atoms with van der Waals surface area (Å²) in [5.41, 5.74) is 1.16. The van der Waals surface area contributed by atoms with Crippen LogP contribution >= 0.6 is 11.8 Å². The van der Waals surface area contributed by atoms with Gasteiger partial charge in [-0.05, 0) is 7.05 Å². The third-order valence-corrected chi connectivity index (χ3v) is 2.68. The summed E-state index contributed by atoms with van der Waals surface area (Å²) in [5.74, 6) is 0.882. The van der Waals surface area contributed by atoms with Crippen LogP contribution in [0.1, 0.15) is 0 Å². The summed E-state index contributed by atoms with van der Waals surface area (Å²) in [6.07, 6.45) is 1.70. The molecule has 13 heavy (non-hydrogen) atoms. The number of hydrogen-bond acceptors (Lipinski definition) is 4. The van der Waals surface area contributed by atoms with Gasteiger partial charge in [-0.2, -0.15) is 0 Å². The van der Waals surface area contributed by atoms with Crippen molar-refractivity contribution in [1.82, 2.24) is 20.1 Å². The predicted octanol–water partition coefficient (Wildman–Crippen LogP) is 0.683. The van der Waals surface area contributed by atoms with Gasteiger partial charge >= 0.3 is 0 Å². The van der Waals surface area contributed by atoms with Crippen LogP contribution in [-0.4, -0.2) is 34.1 Å². The standard InChI is InChI=1S/C8H14N4S/c1-7(4-9-2)5-13-8-11-10-6-12(8)3/h6,9H,1,4-5H2,2-3H3. The lowest BCUT2D eigenvalue weighted by Crippen LogP contribution is -2.11. The Morgan fingerprint density at radius 2 is 2.54 bits per heavy atom. The molecule has 0 atom stereocenters. The maximum absolute atomic E-state index is 3.96. The van der Waals surface area contributed by atoms with E-state index in [9.17, 15) is 0 Å². The van der Waals surface area contributed by atoms with Crippen LogP contribution in [0.15, 0.2) is 23.6 Å². The van der Waals surface area contributed by atoms with Gasteiger partial charge in [-0.25, -0.2) is 0 Å². The summed E-state index contributed by atoms with van der Waals surface area (Å²) in [5, 5.41) is 11.7. The zero-order valence-corrected chi connectivity index (χ0v) is 8.77. The van der Waals surface area contributed by atoms with Crippen LogP contribution in [0.3, 0.4) is 0 Å². The third-order valence-electron chi connectivity index (χ3n) is 1.50. The van der Waals surface area contributed by atoms with Gasteiger partial charge in [0.2, 0.25) is 0 Å². The Morgan fingerprint density at radius 3 is 3.08 bits per heavy atom. The molecule has 5 heteroatoms. The van der Waals surface area contributed by atoms with E-state index in [-0.39, 0.29) is 0 Å². The van der Waals surface area contributed by atoms with Crippen molar-refractivity contribution in [2.45, 2.75) is 5.16 Å². The molecular weight excluding hydrogens is 184 g/mol. The van der Waals surface area contributed by atoms with E-state index in [1.165, 1.54) is 0 Å². The van der Waals surface area contributed by atoms with Gasteiger partial charge in [-0.1, -0.05) is 23.9 Å². The molecule has 0 saturated heterocycles. The van der Waals surface area contributed by atoms with Crippen molar-refractivity contribution >= 4 is 11.8 Å². The molecule has 0 unspecified atom stereocenters. The van der Waals surface area contributed by atoms with E-state index in [4.69, 9.17) is 0 Å². The first-order valence-corrected chi connectivity index (χ1v) is 5.00. The van der Waals surface area contributed by atoms with Gasteiger partial charge in [0.1, 0.15) is 6.33 Å². The topological polar surface area (TPSA) is 42.7 Å². The minimum absolute atomic E-state index is 0.852. The molecule has 0 bridgehead atoms. The highest BCUT2D eigenvalue weighted by atomic mass is 32.2. The van der Waals surface area contributed by atoms with E-state index in [0.29, 0.717) is 0 Å². The smallest absolute Gasteiger partial charge is 0.191 e. The van der Waals surface area contributed by atoms with Crippen LogP contribution in [0.25, 0.3) is 0 Å². The molecule has 0 amide bonds. The molecule has 0 aliphatic rings. The molecule has 0 spiro atoms. The van der Waals surface area contributed by atoms with Crippen molar-refractivity contribution in [1.29, 1.82) is 0 Å². The minimum Gasteiger partial charge on any atom is -0.316 e. The average molecular weight is 198 g/mol. The van der Waals surface area contributed by atoms with E-state index in [1.807, 2.05) is 18.7 Å². The third kappa shape index (κ3) is 3.20. The molecule has 72 valence electrons. The molecule has 1 aromatic rings. The van der Waals surface area contributed by atoms with E-state index in [0.717, 1.165) is 23.0 Å². The first-order valence-electron chi connectivity index (χ1n) is 4.02. The molecule has 4 nitrogen and oxygen atoms in total. The summed E-state index contributed by atoms with van der Waals surface area (Å²) in [6, 6.07) is 0. The molecule has 0 fully saturated rings. The molecule has 0 saturated carbocycles. The van der Waals surface area contributed by atoms with Crippen molar-refractivity contribution in [3.05, 3.63) is 18.5 Å². The van der Waals surface area contributed by atoms with Crippen molar-refractivity contribution in [2.24, 2.45) is 7.05 Å². The Kier molecular flexibility index (Phi) is 3.98. The van der Waals surface area contributed by atoms with Gasteiger partial charge in [0.25, 0.3) is 0 Å². The number of thioether (sulfide) groups is 1. The highest BCUT2D eigenvalue weighted by molar-refractivity contribution is 7.99. The molecule has 1 rings (SSSR count). The zero-order chi connectivity index (χ0) is 9.68. The monoisotopic (exact) mass is 198 g/mol. The fraction of sp³-hybridized carbons (Fsp3) is 0.500. The Balaban J connectivity index is 2.35. The van der Waals surface area contributed by atoms with Gasteiger partial charge in [-0.15, -0.1) is 10.2 Å². The van der Waals surface area contributed by atoms with Gasteiger partial charge in [0.15, 0.2) is 5.16 Å². The zero-order valence-electron chi connectivity index (χ0n) is 7.95. The van der Waals surface area contributed by atoms with Gasteiger partial charge in [0, 0.05) is 19.3 Å². The highest BCUT2D eigenvalue weighted by Crippen LogP contribution is 2.15. The summed E-state index contributed by atoms with van der Waals surface area (Å²) >= 11 is 1.65. The Morgan fingerprint density at radius 1 is 1.77 bits per heavy atom. The highest BCUT2D eigenvalue weighted by Gasteiger charge is 2.01. The number of likely N-dealkylation sites (N-methyl/N-ethyl adjacent to an activating group) is 1. The number of rotatable bonds is 5. The van der Waals surface area contributed by atoms with E-state index in [2.05, 4.69) is 22.1 Å². The largest absolute Gasteiger partial charge is 0.316 e. The van der Waals surface area contributed by atoms with Crippen molar-refractivity contribution < 1.29 is 0 Å². The molecule has 0 aromatic carbocycles. The van der Waals surface area contributed by atoms with Crippen LogP contribution in [0.4, 0.5) is 0 Å². The fourth-order valence-corrected chi connectivity index (χ4v) is 1.66. The molecule has 1 heterocycles. The van der Waals surface area contributed by atoms with Crippen LogP contribution < -0.4 is 5.32 Å². The number of aromatic nitrogens is 3. The van der Waals surface area contributed by atoms with Crippen molar-refractivity contribution in [2.75, 3.05) is 19.3 Å². The fourth-order valence-electron chi connectivity index (χ4n) is 0.871. The van der Waals surface area contributed by atoms with E-state index in [1.54, 1.807) is 18.1 Å². The SMILES string of the molecule is C=C(CNC)CSc1nncn1C. The maximum atomic E-state index is 3.96. The Labute approximate surface area is 82.4 Å². The van der Waals surface area contributed by atoms with Crippen molar-refractivity contribution in [3.8, 4) is 0 Å². The molecular formula is C8H14N4S. The summed E-state index contributed by atoms with van der Waals surface area (Å²) < 4.78 is 1.90. The second-order valence-corrected chi connectivity index (χ2v) is 3.74. The van der Waals surface area contributed by atoms with Crippen LogP contribution in [0, 0.1) is 0 Å². The van der Waals surface area contributed by atoms with Crippen LogP contribution in [0.5, 0.6) is 0 Å². The number of aryl methyl sites for hydroxylation is 1. The summed E-state index contributed by atoms with van der Waals surface area (Å²) in [4.78, 5) is 0. The van der Waals surface area contributed by atoms with E-state index >= 15 is 0 Å². The van der Waals surface area contributed by atoms with Crippen molar-refractivity contribution in [3.63, 3.8) is 0 Å². The van der Waals surface area contributed by atoms with E-state index < -0.39 is 0 Å². The number of nitrogens with one attached hydrogen (secondary N) is 1. The normalized spacial score (nSPS) is 10.3. The predicted molar refractivity (Wildman–Crippen MR) is 54.8 cm³/mol. The lowest BCUT2D eigenvalue weighted by molar-refractivity contribution is 0.788. The van der Waals surface area contributed by atoms with Gasteiger partial charge < -0.3 is 9.88 Å². The Bertz CT molecular complexity index is 281. The lowest BCUT2D eigenvalue weighted by Gasteiger charge is -2.03. The Hall–Kier alpha value is -0.810. The molecule has 0 aliphatic carbocycles. The van der Waals surface area contributed by atoms with Gasteiger partial charge in [0.05, 0.1) is 0 Å². The molecule has 0 radical (unpaired) electrons. The summed E-state index contributed by atoms with van der Waals surface area (Å²) in [7, 11) is 3.85. The quantitative estimate of drug-likeness (QED) is 0.558. The lowest BCUT2D eigenvalue weighted by atomic mass is 10.3. The minimum atomic E-state index is 0.852. The number of nitrogens with zero attached hydrogens (tertiary/aromatic N) is 3. The van der Waals surface area contributed by atoms with Crippen LogP contribution in [0.2, 0.25) is 0 Å².